The Labute approximate surface area is 298 Å². The first-order valence-electron chi connectivity index (χ1n) is 16.0. The molecule has 0 amide bonds. The zero-order valence-corrected chi connectivity index (χ0v) is 28.2. The van der Waals surface area contributed by atoms with Gasteiger partial charge in [-0.15, -0.1) is 0 Å². The molecule has 5 aromatic rings. The number of aromatic nitrogens is 4. The number of imidazole rings is 1. The Morgan fingerprint density at radius 1 is 1.00 bits per heavy atom. The van der Waals surface area contributed by atoms with Gasteiger partial charge in [-0.05, 0) is 42.5 Å². The van der Waals surface area contributed by atoms with Crippen molar-refractivity contribution >= 4 is 36.7 Å². The van der Waals surface area contributed by atoms with E-state index in [9.17, 15) is 29.5 Å². The number of benzene rings is 3. The van der Waals surface area contributed by atoms with Gasteiger partial charge in [-0.3, -0.25) is 13.6 Å². The molecule has 8 rings (SSSR count). The van der Waals surface area contributed by atoms with Gasteiger partial charge >= 0.3 is 19.7 Å². The molecule has 0 bridgehead atoms. The lowest BCUT2D eigenvalue weighted by Gasteiger charge is -2.36. The Bertz CT molecular complexity index is 2300. The number of fused-ring (bicyclic) bond motifs is 7. The van der Waals surface area contributed by atoms with Crippen LogP contribution in [0.5, 0.6) is 23.0 Å². The number of ether oxygens (including phenoxy) is 4. The fourth-order valence-electron chi connectivity index (χ4n) is 6.72. The van der Waals surface area contributed by atoms with Crippen molar-refractivity contribution in [1.82, 2.24) is 19.5 Å². The van der Waals surface area contributed by atoms with Crippen LogP contribution in [-0.2, 0) is 33.4 Å². The number of aliphatic hydroxyl groups excluding tert-OH is 1. The van der Waals surface area contributed by atoms with Gasteiger partial charge in [-0.25, -0.2) is 34.6 Å². The number of rotatable bonds is 9. The summed E-state index contributed by atoms with van der Waals surface area (Å²) in [6, 6.07) is 12.7. The first kappa shape index (κ1) is 34.4. The SMILES string of the molecule is NCCOP(N)(=O)O[C@H]1[C@@H](O)[C@H](n2cnc3c(N)ncnc32)O[C@@H]1COC(=O)c1ccc2c(c1)C1(OC2=O)c2ccc(O)cc2Oc2cc(O)ccc21. The van der Waals surface area contributed by atoms with E-state index < -0.39 is 56.4 Å². The van der Waals surface area contributed by atoms with E-state index >= 15 is 0 Å². The van der Waals surface area contributed by atoms with E-state index in [-0.39, 0.29) is 69.8 Å². The summed E-state index contributed by atoms with van der Waals surface area (Å²) < 4.78 is 48.8. The molecule has 1 saturated heterocycles. The number of esters is 2. The zero-order valence-electron chi connectivity index (χ0n) is 27.3. The molecule has 1 unspecified atom stereocenters. The summed E-state index contributed by atoms with van der Waals surface area (Å²) in [6.45, 7) is -0.778. The summed E-state index contributed by atoms with van der Waals surface area (Å²) >= 11 is 0. The van der Waals surface area contributed by atoms with Crippen LogP contribution in [0, 0.1) is 0 Å². The first-order valence-corrected chi connectivity index (χ1v) is 17.6. The standard InChI is InChI=1S/C33H30N7O12P/c34-7-8-48-53(36,46)52-27-24(50-30(26(27)43)40-14-39-25-28(35)37-13-38-29(25)40)12-47-31(44)15-1-4-18-21(9-15)33(51-32(18)45)19-5-2-16(41)10-22(19)49-23-11-17(42)3-6-20(23)33/h1-6,9-11,13-14,24,26-27,30,41-43H,7-8,12,34H2,(H2,36,46)(H2,35,37,38)/t24-,26-,27-,30-,53?/m1/s1. The van der Waals surface area contributed by atoms with Crippen molar-refractivity contribution in [2.24, 2.45) is 11.2 Å². The molecule has 3 aliphatic heterocycles. The van der Waals surface area contributed by atoms with Crippen molar-refractivity contribution in [2.75, 3.05) is 25.5 Å². The molecule has 1 fully saturated rings. The smallest absolute Gasteiger partial charge is 0.403 e. The number of nitrogens with zero attached hydrogens (tertiary/aromatic N) is 4. The third-order valence-corrected chi connectivity index (χ3v) is 10.1. The molecule has 53 heavy (non-hydrogen) atoms. The summed E-state index contributed by atoms with van der Waals surface area (Å²) in [5.41, 5.74) is 17.1. The average Bonchev–Trinajstić information content (AvgIpc) is 3.78. The maximum atomic E-state index is 13.7. The highest BCUT2D eigenvalue weighted by atomic mass is 31.2. The number of nitrogen functional groups attached to an aromatic ring is 1. The fourth-order valence-corrected chi connectivity index (χ4v) is 7.74. The Morgan fingerprint density at radius 2 is 1.72 bits per heavy atom. The Hall–Kier alpha value is -5.66. The lowest BCUT2D eigenvalue weighted by Crippen LogP contribution is -2.37. The number of phenolic OH excluding ortho intramolecular Hbond substituents is 2. The van der Waals surface area contributed by atoms with Crippen molar-refractivity contribution < 1.29 is 57.5 Å². The Morgan fingerprint density at radius 3 is 2.42 bits per heavy atom. The molecule has 2 aromatic heterocycles. The minimum absolute atomic E-state index is 0.00954. The van der Waals surface area contributed by atoms with Gasteiger partial charge in [-0.2, -0.15) is 0 Å². The van der Waals surface area contributed by atoms with Crippen LogP contribution in [0.3, 0.4) is 0 Å². The van der Waals surface area contributed by atoms with Gasteiger partial charge in [0.25, 0.3) is 0 Å². The highest BCUT2D eigenvalue weighted by molar-refractivity contribution is 7.51. The zero-order chi connectivity index (χ0) is 37.2. The van der Waals surface area contributed by atoms with E-state index in [1.54, 1.807) is 0 Å². The van der Waals surface area contributed by atoms with Crippen LogP contribution in [0.2, 0.25) is 0 Å². The molecular formula is C33H30N7O12P. The second kappa shape index (κ2) is 12.8. The van der Waals surface area contributed by atoms with E-state index in [0.717, 1.165) is 0 Å². The highest BCUT2D eigenvalue weighted by Gasteiger charge is 2.54. The van der Waals surface area contributed by atoms with Gasteiger partial charge in [0.2, 0.25) is 0 Å². The van der Waals surface area contributed by atoms with E-state index in [1.807, 2.05) is 0 Å². The van der Waals surface area contributed by atoms with Gasteiger partial charge in [0.05, 0.1) is 24.1 Å². The van der Waals surface area contributed by atoms with E-state index in [2.05, 4.69) is 15.0 Å². The number of aliphatic hydroxyl groups is 1. The number of carbonyl (C=O) groups is 2. The predicted octanol–water partition coefficient (Wildman–Crippen LogP) is 1.93. The largest absolute Gasteiger partial charge is 0.508 e. The van der Waals surface area contributed by atoms with Crippen LogP contribution in [-0.4, -0.2) is 84.8 Å². The molecule has 5 atom stereocenters. The van der Waals surface area contributed by atoms with E-state index in [0.29, 0.717) is 11.1 Å². The second-order valence-electron chi connectivity index (χ2n) is 12.3. The molecule has 0 saturated carbocycles. The Balaban J connectivity index is 1.11. The number of anilines is 1. The number of phenols is 2. The van der Waals surface area contributed by atoms with E-state index in [1.165, 1.54) is 71.8 Å². The first-order chi connectivity index (χ1) is 25.4. The molecule has 20 heteroatoms. The van der Waals surface area contributed by atoms with Crippen molar-refractivity contribution in [3.05, 3.63) is 95.1 Å². The topological polar surface area (TPSA) is 289 Å². The summed E-state index contributed by atoms with van der Waals surface area (Å²) in [5, 5.41) is 31.8. The van der Waals surface area contributed by atoms with Crippen molar-refractivity contribution in [3.8, 4) is 23.0 Å². The summed E-state index contributed by atoms with van der Waals surface area (Å²) in [5.74, 6) is -1.43. The molecule has 3 aromatic carbocycles. The van der Waals surface area contributed by atoms with Crippen LogP contribution in [0.15, 0.2) is 67.3 Å². The normalized spacial score (nSPS) is 22.1. The number of nitrogens with two attached hydrogens (primary N) is 3. The summed E-state index contributed by atoms with van der Waals surface area (Å²) in [6.07, 6.45) is -3.05. The lowest BCUT2D eigenvalue weighted by molar-refractivity contribution is -0.0559. The van der Waals surface area contributed by atoms with Crippen molar-refractivity contribution in [2.45, 2.75) is 30.1 Å². The molecule has 19 nitrogen and oxygen atoms in total. The second-order valence-corrected chi connectivity index (χ2v) is 13.8. The van der Waals surface area contributed by atoms with Crippen molar-refractivity contribution in [1.29, 1.82) is 0 Å². The van der Waals surface area contributed by atoms with Crippen LogP contribution in [0.25, 0.3) is 11.2 Å². The lowest BCUT2D eigenvalue weighted by atomic mass is 9.77. The van der Waals surface area contributed by atoms with Crippen LogP contribution >= 0.6 is 7.75 Å². The third-order valence-electron chi connectivity index (χ3n) is 9.02. The van der Waals surface area contributed by atoms with Crippen LogP contribution in [0.1, 0.15) is 43.6 Å². The minimum atomic E-state index is -4.31. The van der Waals surface area contributed by atoms with Crippen LogP contribution < -0.4 is 21.7 Å². The molecule has 5 heterocycles. The van der Waals surface area contributed by atoms with Gasteiger partial charge < -0.3 is 45.7 Å². The summed E-state index contributed by atoms with van der Waals surface area (Å²) in [7, 11) is -4.31. The number of aromatic hydroxyl groups is 2. The minimum Gasteiger partial charge on any atom is -0.508 e. The van der Waals surface area contributed by atoms with Crippen molar-refractivity contribution in [3.63, 3.8) is 0 Å². The molecule has 1 spiro atoms. The number of hydrogen-bond acceptors (Lipinski definition) is 17. The fraction of sp³-hybridized carbons (Fsp3) is 0.242. The molecule has 0 radical (unpaired) electrons. The summed E-state index contributed by atoms with van der Waals surface area (Å²) in [4.78, 5) is 39.3. The molecule has 9 N–H and O–H groups in total. The number of hydrogen-bond donors (Lipinski definition) is 6. The maximum absolute atomic E-state index is 13.7. The van der Waals surface area contributed by atoms with Gasteiger partial charge in [0.1, 0.15) is 59.8 Å². The average molecular weight is 748 g/mol. The van der Waals surface area contributed by atoms with Gasteiger partial charge in [-0.1, -0.05) is 0 Å². The van der Waals surface area contributed by atoms with Crippen LogP contribution in [0.4, 0.5) is 5.82 Å². The molecular weight excluding hydrogens is 717 g/mol. The molecule has 3 aliphatic rings. The maximum Gasteiger partial charge on any atom is 0.403 e. The number of carbonyl (C=O) groups excluding carboxylic acids is 2. The van der Waals surface area contributed by atoms with Gasteiger partial charge in [0.15, 0.2) is 23.3 Å². The Kier molecular flexibility index (Phi) is 8.30. The monoisotopic (exact) mass is 747 g/mol. The highest BCUT2D eigenvalue weighted by Crippen LogP contribution is 2.57. The quantitative estimate of drug-likeness (QED) is 0.0927. The predicted molar refractivity (Wildman–Crippen MR) is 180 cm³/mol. The third kappa shape index (κ3) is 5.71. The molecule has 0 aliphatic carbocycles. The van der Waals surface area contributed by atoms with E-state index in [4.69, 9.17) is 45.0 Å². The molecule has 274 valence electrons. The van der Waals surface area contributed by atoms with Gasteiger partial charge in [0, 0.05) is 35.4 Å².